The van der Waals surface area contributed by atoms with E-state index in [2.05, 4.69) is 30.6 Å². The molecule has 2 aromatic rings. The minimum absolute atomic E-state index is 0.159. The molecule has 0 radical (unpaired) electrons. The Morgan fingerprint density at radius 3 is 2.59 bits per heavy atom. The van der Waals surface area contributed by atoms with Gasteiger partial charge in [-0.1, -0.05) is 0 Å². The van der Waals surface area contributed by atoms with Crippen LogP contribution in [0.1, 0.15) is 16.1 Å². The summed E-state index contributed by atoms with van der Waals surface area (Å²) in [5, 5.41) is 0. The Kier molecular flexibility index (Phi) is 4.65. The van der Waals surface area contributed by atoms with Crippen LogP contribution in [0.4, 0.5) is 13.2 Å². The normalized spacial score (nSPS) is 11.1. The van der Waals surface area contributed by atoms with E-state index in [1.54, 1.807) is 0 Å². The molecule has 0 aliphatic rings. The van der Waals surface area contributed by atoms with Gasteiger partial charge in [-0.25, -0.2) is 9.78 Å². The molecule has 1 heterocycles. The number of alkyl halides is 3. The maximum absolute atomic E-state index is 12.6. The summed E-state index contributed by atoms with van der Waals surface area (Å²) < 4.78 is 47.8. The van der Waals surface area contributed by atoms with Crippen molar-refractivity contribution >= 4 is 21.9 Å². The largest absolute Gasteiger partial charge is 0.465 e. The first kappa shape index (κ1) is 16.2. The lowest BCUT2D eigenvalue weighted by atomic mass is 10.2. The summed E-state index contributed by atoms with van der Waals surface area (Å²) >= 11 is 3.15. The van der Waals surface area contributed by atoms with E-state index in [1.165, 1.54) is 25.3 Å². The van der Waals surface area contributed by atoms with Gasteiger partial charge in [0.2, 0.25) is 0 Å². The van der Waals surface area contributed by atoms with Crippen molar-refractivity contribution in [1.29, 1.82) is 0 Å². The lowest BCUT2D eigenvalue weighted by Gasteiger charge is -2.09. The fraction of sp³-hybridized carbons (Fsp3) is 0.154. The predicted octanol–water partition coefficient (Wildman–Crippen LogP) is 3.84. The van der Waals surface area contributed by atoms with Crippen LogP contribution in [-0.2, 0) is 10.9 Å². The van der Waals surface area contributed by atoms with Gasteiger partial charge in [0.25, 0.3) is 0 Å². The zero-order valence-electron chi connectivity index (χ0n) is 11.0. The zero-order chi connectivity index (χ0) is 16.3. The van der Waals surface area contributed by atoms with Gasteiger partial charge in [-0.05, 0) is 40.2 Å². The Labute approximate surface area is 131 Å². The van der Waals surface area contributed by atoms with Crippen LogP contribution in [0.3, 0.4) is 0 Å². The van der Waals surface area contributed by atoms with Gasteiger partial charge in [0.1, 0.15) is 5.75 Å². The minimum atomic E-state index is -4.59. The number of hydrogen-bond acceptors (Lipinski definition) is 5. The van der Waals surface area contributed by atoms with Crippen LogP contribution in [-0.4, -0.2) is 23.0 Å². The fourth-order valence-electron chi connectivity index (χ4n) is 1.47. The number of esters is 1. The SMILES string of the molecule is COC(=O)c1ccc(Oc2nccc(C(F)(F)F)n2)c(Br)c1. The quantitative estimate of drug-likeness (QED) is 0.761. The molecule has 0 spiro atoms. The summed E-state index contributed by atoms with van der Waals surface area (Å²) in [6.45, 7) is 0. The number of halogens is 4. The molecular weight excluding hydrogens is 369 g/mol. The van der Waals surface area contributed by atoms with E-state index >= 15 is 0 Å². The minimum Gasteiger partial charge on any atom is -0.465 e. The molecule has 0 saturated heterocycles. The summed E-state index contributed by atoms with van der Waals surface area (Å²) in [5.74, 6) is -0.394. The van der Waals surface area contributed by atoms with E-state index in [4.69, 9.17) is 4.74 Å². The maximum atomic E-state index is 12.6. The predicted molar refractivity (Wildman–Crippen MR) is 72.6 cm³/mol. The monoisotopic (exact) mass is 376 g/mol. The van der Waals surface area contributed by atoms with E-state index in [1.807, 2.05) is 0 Å². The van der Waals surface area contributed by atoms with Gasteiger partial charge >= 0.3 is 18.2 Å². The molecule has 0 N–H and O–H groups in total. The van der Waals surface area contributed by atoms with Crippen molar-refractivity contribution in [3.05, 3.63) is 46.2 Å². The second kappa shape index (κ2) is 6.30. The molecule has 0 aliphatic carbocycles. The van der Waals surface area contributed by atoms with E-state index in [0.29, 0.717) is 4.47 Å². The number of benzene rings is 1. The fourth-order valence-corrected chi connectivity index (χ4v) is 1.93. The van der Waals surface area contributed by atoms with Gasteiger partial charge in [-0.15, -0.1) is 0 Å². The number of carbonyl (C=O) groups excluding carboxylic acids is 1. The van der Waals surface area contributed by atoms with Crippen LogP contribution in [0.2, 0.25) is 0 Å². The molecule has 1 aromatic carbocycles. The lowest BCUT2D eigenvalue weighted by molar-refractivity contribution is -0.141. The molecule has 2 rings (SSSR count). The average Bonchev–Trinajstić information content (AvgIpc) is 2.48. The van der Waals surface area contributed by atoms with Crippen molar-refractivity contribution in [2.75, 3.05) is 7.11 Å². The highest BCUT2D eigenvalue weighted by Crippen LogP contribution is 2.31. The van der Waals surface area contributed by atoms with Crippen LogP contribution in [0.5, 0.6) is 11.8 Å². The Morgan fingerprint density at radius 2 is 2.00 bits per heavy atom. The second-order valence-corrected chi connectivity index (χ2v) is 4.82. The van der Waals surface area contributed by atoms with Crippen molar-refractivity contribution in [3.63, 3.8) is 0 Å². The third-order valence-electron chi connectivity index (χ3n) is 2.48. The van der Waals surface area contributed by atoms with Gasteiger partial charge < -0.3 is 9.47 Å². The molecule has 0 bridgehead atoms. The third kappa shape index (κ3) is 3.73. The highest BCUT2D eigenvalue weighted by atomic mass is 79.9. The second-order valence-electron chi connectivity index (χ2n) is 3.96. The Hall–Kier alpha value is -2.16. The number of ether oxygens (including phenoxy) is 2. The van der Waals surface area contributed by atoms with Gasteiger partial charge in [0, 0.05) is 6.20 Å². The average molecular weight is 377 g/mol. The highest BCUT2D eigenvalue weighted by Gasteiger charge is 2.33. The van der Waals surface area contributed by atoms with Crippen LogP contribution in [0, 0.1) is 0 Å². The van der Waals surface area contributed by atoms with Gasteiger partial charge in [-0.3, -0.25) is 0 Å². The van der Waals surface area contributed by atoms with Crippen LogP contribution in [0.15, 0.2) is 34.9 Å². The number of nitrogens with zero attached hydrogens (tertiary/aromatic N) is 2. The third-order valence-corrected chi connectivity index (χ3v) is 3.10. The summed E-state index contributed by atoms with van der Waals surface area (Å²) in [7, 11) is 1.23. The molecule has 0 atom stereocenters. The molecule has 0 aliphatic heterocycles. The summed E-state index contributed by atoms with van der Waals surface area (Å²) in [6.07, 6.45) is -3.64. The van der Waals surface area contributed by atoms with Gasteiger partial charge in [0.05, 0.1) is 17.1 Å². The van der Waals surface area contributed by atoms with Gasteiger partial charge in [0.15, 0.2) is 5.69 Å². The molecule has 1 aromatic heterocycles. The summed E-state index contributed by atoms with van der Waals surface area (Å²) in [4.78, 5) is 18.3. The van der Waals surface area contributed by atoms with Crippen LogP contribution < -0.4 is 4.74 Å². The molecule has 5 nitrogen and oxygen atoms in total. The zero-order valence-corrected chi connectivity index (χ0v) is 12.6. The Bertz CT molecular complexity index is 707. The molecule has 0 unspecified atom stereocenters. The van der Waals surface area contributed by atoms with Crippen LogP contribution >= 0.6 is 15.9 Å². The molecule has 9 heteroatoms. The van der Waals surface area contributed by atoms with Crippen molar-refractivity contribution in [2.24, 2.45) is 0 Å². The first-order valence-corrected chi connectivity index (χ1v) is 6.56. The van der Waals surface area contributed by atoms with Gasteiger partial charge in [-0.2, -0.15) is 18.2 Å². The molecule has 0 fully saturated rings. The molecule has 22 heavy (non-hydrogen) atoms. The van der Waals surface area contributed by atoms with Crippen LogP contribution in [0.25, 0.3) is 0 Å². The first-order chi connectivity index (χ1) is 10.3. The lowest BCUT2D eigenvalue weighted by Crippen LogP contribution is -2.09. The van der Waals surface area contributed by atoms with Crippen molar-refractivity contribution in [3.8, 4) is 11.8 Å². The molecule has 0 amide bonds. The van der Waals surface area contributed by atoms with Crippen molar-refractivity contribution < 1.29 is 27.4 Å². The smallest absolute Gasteiger partial charge is 0.433 e. The van der Waals surface area contributed by atoms with Crippen molar-refractivity contribution in [2.45, 2.75) is 6.18 Å². The maximum Gasteiger partial charge on any atom is 0.433 e. The van der Waals surface area contributed by atoms with Crippen molar-refractivity contribution in [1.82, 2.24) is 9.97 Å². The number of methoxy groups -OCH3 is 1. The highest BCUT2D eigenvalue weighted by molar-refractivity contribution is 9.10. The number of rotatable bonds is 3. The number of carbonyl (C=O) groups is 1. The number of aromatic nitrogens is 2. The topological polar surface area (TPSA) is 61.3 Å². The van der Waals surface area contributed by atoms with E-state index in [-0.39, 0.29) is 11.3 Å². The standard InChI is InChI=1S/C13H8BrF3N2O3/c1-21-11(20)7-2-3-9(8(14)6-7)22-12-18-5-4-10(19-12)13(15,16)17/h2-6H,1H3. The van der Waals surface area contributed by atoms with E-state index < -0.39 is 23.8 Å². The Balaban J connectivity index is 2.26. The molecular formula is C13H8BrF3N2O3. The first-order valence-electron chi connectivity index (χ1n) is 5.77. The molecule has 116 valence electrons. The summed E-state index contributed by atoms with van der Waals surface area (Å²) in [6, 6.07) is 4.48. The number of hydrogen-bond donors (Lipinski definition) is 0. The Morgan fingerprint density at radius 1 is 1.27 bits per heavy atom. The summed E-state index contributed by atoms with van der Waals surface area (Å²) in [5.41, 5.74) is -0.855. The molecule has 0 saturated carbocycles. The van der Waals surface area contributed by atoms with E-state index in [0.717, 1.165) is 12.3 Å². The van der Waals surface area contributed by atoms with E-state index in [9.17, 15) is 18.0 Å².